The average molecular weight is 277 g/mol. The molecule has 1 aliphatic rings. The monoisotopic (exact) mass is 277 g/mol. The van der Waals surface area contributed by atoms with Crippen molar-refractivity contribution < 1.29 is 4.42 Å². The van der Waals surface area contributed by atoms with E-state index >= 15 is 0 Å². The highest BCUT2D eigenvalue weighted by molar-refractivity contribution is 5.12. The van der Waals surface area contributed by atoms with Gasteiger partial charge in [0.05, 0.1) is 6.04 Å². The normalized spacial score (nSPS) is 28.5. The van der Waals surface area contributed by atoms with Crippen LogP contribution in [-0.2, 0) is 6.42 Å². The zero-order valence-electron chi connectivity index (χ0n) is 13.6. The first-order valence-electron chi connectivity index (χ1n) is 8.47. The quantitative estimate of drug-likeness (QED) is 0.795. The highest BCUT2D eigenvalue weighted by atomic mass is 16.3. The molecule has 0 spiro atoms. The maximum atomic E-state index is 6.04. The second kappa shape index (κ2) is 7.31. The Morgan fingerprint density at radius 2 is 2.00 bits per heavy atom. The van der Waals surface area contributed by atoms with Gasteiger partial charge in [0, 0.05) is 6.42 Å². The molecule has 1 aromatic heterocycles. The summed E-state index contributed by atoms with van der Waals surface area (Å²) in [6, 6.07) is 4.74. The van der Waals surface area contributed by atoms with Crippen molar-refractivity contribution in [2.75, 3.05) is 6.54 Å². The third-order valence-corrected chi connectivity index (χ3v) is 5.06. The van der Waals surface area contributed by atoms with E-state index in [-0.39, 0.29) is 0 Å². The first kappa shape index (κ1) is 15.6. The predicted octanol–water partition coefficient (Wildman–Crippen LogP) is 4.96. The maximum absolute atomic E-state index is 6.04. The van der Waals surface area contributed by atoms with Crippen molar-refractivity contribution in [3.63, 3.8) is 0 Å². The van der Waals surface area contributed by atoms with Gasteiger partial charge in [0.1, 0.15) is 11.5 Å². The Balaban J connectivity index is 2.10. The molecule has 0 amide bonds. The summed E-state index contributed by atoms with van der Waals surface area (Å²) in [6.07, 6.45) is 6.17. The molecule has 4 atom stereocenters. The minimum absolute atomic E-state index is 0.408. The SMILES string of the molecule is CCCNC(c1ccc(CC)o1)C1CCC(C)C(C)C1. The van der Waals surface area contributed by atoms with E-state index in [9.17, 15) is 0 Å². The molecule has 1 fully saturated rings. The van der Waals surface area contributed by atoms with Gasteiger partial charge in [-0.15, -0.1) is 0 Å². The lowest BCUT2D eigenvalue weighted by Gasteiger charge is -2.36. The molecule has 1 N–H and O–H groups in total. The summed E-state index contributed by atoms with van der Waals surface area (Å²) in [5.41, 5.74) is 0. The van der Waals surface area contributed by atoms with E-state index in [1.54, 1.807) is 0 Å². The van der Waals surface area contributed by atoms with Crippen molar-refractivity contribution in [1.82, 2.24) is 5.32 Å². The standard InChI is InChI=1S/C18H31NO/c1-5-11-19-18(17-10-9-16(6-2)20-17)15-8-7-13(3)14(4)12-15/h9-10,13-15,18-19H,5-8,11-12H2,1-4H3. The fraction of sp³-hybridized carbons (Fsp3) is 0.778. The van der Waals surface area contributed by atoms with Gasteiger partial charge < -0.3 is 9.73 Å². The minimum atomic E-state index is 0.408. The van der Waals surface area contributed by atoms with Crippen molar-refractivity contribution in [3.05, 3.63) is 23.7 Å². The highest BCUT2D eigenvalue weighted by Gasteiger charge is 2.32. The van der Waals surface area contributed by atoms with Crippen molar-refractivity contribution >= 4 is 0 Å². The van der Waals surface area contributed by atoms with Crippen molar-refractivity contribution in [2.45, 2.75) is 65.8 Å². The van der Waals surface area contributed by atoms with Crippen LogP contribution < -0.4 is 5.32 Å². The van der Waals surface area contributed by atoms with E-state index in [4.69, 9.17) is 4.42 Å². The van der Waals surface area contributed by atoms with Crippen molar-refractivity contribution in [1.29, 1.82) is 0 Å². The summed E-state index contributed by atoms with van der Waals surface area (Å²) in [7, 11) is 0. The maximum Gasteiger partial charge on any atom is 0.121 e. The fourth-order valence-electron chi connectivity index (χ4n) is 3.44. The molecule has 1 saturated carbocycles. The zero-order chi connectivity index (χ0) is 14.5. The van der Waals surface area contributed by atoms with E-state index in [0.29, 0.717) is 6.04 Å². The third-order valence-electron chi connectivity index (χ3n) is 5.06. The Labute approximate surface area is 124 Å². The summed E-state index contributed by atoms with van der Waals surface area (Å²) in [5, 5.41) is 3.73. The molecule has 0 radical (unpaired) electrons. The van der Waals surface area contributed by atoms with E-state index < -0.39 is 0 Å². The van der Waals surface area contributed by atoms with Crippen molar-refractivity contribution in [2.24, 2.45) is 17.8 Å². The molecule has 2 heteroatoms. The smallest absolute Gasteiger partial charge is 0.121 e. The number of aryl methyl sites for hydroxylation is 1. The summed E-state index contributed by atoms with van der Waals surface area (Å²) in [4.78, 5) is 0. The Hall–Kier alpha value is -0.760. The zero-order valence-corrected chi connectivity index (χ0v) is 13.6. The summed E-state index contributed by atoms with van der Waals surface area (Å²) in [5.74, 6) is 4.70. The fourth-order valence-corrected chi connectivity index (χ4v) is 3.44. The van der Waals surface area contributed by atoms with Crippen LogP contribution in [-0.4, -0.2) is 6.54 Å². The Morgan fingerprint density at radius 1 is 1.20 bits per heavy atom. The molecule has 0 saturated heterocycles. The number of rotatable bonds is 6. The Morgan fingerprint density at radius 3 is 2.60 bits per heavy atom. The minimum Gasteiger partial charge on any atom is -0.464 e. The van der Waals surface area contributed by atoms with Crippen molar-refractivity contribution in [3.8, 4) is 0 Å². The molecule has 1 aromatic rings. The van der Waals surface area contributed by atoms with Crippen LogP contribution in [0.25, 0.3) is 0 Å². The van der Waals surface area contributed by atoms with Gasteiger partial charge in [0.2, 0.25) is 0 Å². The lowest BCUT2D eigenvalue weighted by Crippen LogP contribution is -2.33. The van der Waals surface area contributed by atoms with Gasteiger partial charge >= 0.3 is 0 Å². The molecule has 1 heterocycles. The first-order valence-corrected chi connectivity index (χ1v) is 8.47. The molecule has 0 aliphatic heterocycles. The highest BCUT2D eigenvalue weighted by Crippen LogP contribution is 2.40. The van der Waals surface area contributed by atoms with E-state index in [0.717, 1.165) is 42.2 Å². The van der Waals surface area contributed by atoms with Gasteiger partial charge in [0.15, 0.2) is 0 Å². The summed E-state index contributed by atoms with van der Waals surface area (Å²) < 4.78 is 6.04. The lowest BCUT2D eigenvalue weighted by molar-refractivity contribution is 0.159. The number of nitrogens with one attached hydrogen (secondary N) is 1. The number of furan rings is 1. The second-order valence-corrected chi connectivity index (χ2v) is 6.62. The van der Waals surface area contributed by atoms with E-state index in [1.165, 1.54) is 25.7 Å². The van der Waals surface area contributed by atoms with Gasteiger partial charge in [-0.25, -0.2) is 0 Å². The Bertz CT molecular complexity index is 398. The molecule has 2 nitrogen and oxygen atoms in total. The van der Waals surface area contributed by atoms with Crippen LogP contribution in [0.2, 0.25) is 0 Å². The molecule has 4 unspecified atom stereocenters. The first-order chi connectivity index (χ1) is 9.65. The van der Waals surface area contributed by atoms with Crippen LogP contribution in [0.1, 0.15) is 70.9 Å². The van der Waals surface area contributed by atoms with Gasteiger partial charge in [-0.2, -0.15) is 0 Å². The lowest BCUT2D eigenvalue weighted by atomic mass is 9.73. The second-order valence-electron chi connectivity index (χ2n) is 6.62. The molecule has 0 bridgehead atoms. The molecule has 0 aromatic carbocycles. The molecule has 1 aliphatic carbocycles. The van der Waals surface area contributed by atoms with Crippen LogP contribution in [0.5, 0.6) is 0 Å². The van der Waals surface area contributed by atoms with Crippen LogP contribution in [0.4, 0.5) is 0 Å². The van der Waals surface area contributed by atoms with E-state index in [2.05, 4.69) is 45.1 Å². The van der Waals surface area contributed by atoms with Gasteiger partial charge in [-0.05, 0) is 55.7 Å². The molecular formula is C18H31NO. The van der Waals surface area contributed by atoms with E-state index in [1.807, 2.05) is 0 Å². The average Bonchev–Trinajstić information content (AvgIpc) is 2.92. The molecular weight excluding hydrogens is 246 g/mol. The number of hydrogen-bond acceptors (Lipinski definition) is 2. The van der Waals surface area contributed by atoms with Crippen LogP contribution >= 0.6 is 0 Å². The molecule has 114 valence electrons. The van der Waals surface area contributed by atoms with Gasteiger partial charge in [0.25, 0.3) is 0 Å². The summed E-state index contributed by atoms with van der Waals surface area (Å²) >= 11 is 0. The third kappa shape index (κ3) is 3.66. The molecule has 20 heavy (non-hydrogen) atoms. The van der Waals surface area contributed by atoms with Crippen LogP contribution in [0, 0.1) is 17.8 Å². The topological polar surface area (TPSA) is 25.2 Å². The summed E-state index contributed by atoms with van der Waals surface area (Å²) in [6.45, 7) is 10.3. The predicted molar refractivity (Wildman–Crippen MR) is 84.8 cm³/mol. The number of hydrogen-bond donors (Lipinski definition) is 1. The Kier molecular flexibility index (Phi) is 5.71. The largest absolute Gasteiger partial charge is 0.464 e. The van der Waals surface area contributed by atoms with Gasteiger partial charge in [-0.1, -0.05) is 34.1 Å². The van der Waals surface area contributed by atoms with Gasteiger partial charge in [-0.3, -0.25) is 0 Å². The molecule has 2 rings (SSSR count). The van der Waals surface area contributed by atoms with Crippen LogP contribution in [0.15, 0.2) is 16.5 Å². The van der Waals surface area contributed by atoms with Crippen LogP contribution in [0.3, 0.4) is 0 Å².